The van der Waals surface area contributed by atoms with Gasteiger partial charge >= 0.3 is 0 Å². The first-order valence-electron chi connectivity index (χ1n) is 7.61. The van der Waals surface area contributed by atoms with E-state index < -0.39 is 0 Å². The van der Waals surface area contributed by atoms with E-state index in [2.05, 4.69) is 10.4 Å². The molecule has 0 spiro atoms. The molecule has 0 aliphatic carbocycles. The quantitative estimate of drug-likeness (QED) is 0.786. The highest BCUT2D eigenvalue weighted by Crippen LogP contribution is 2.19. The van der Waals surface area contributed by atoms with E-state index in [0.717, 1.165) is 34.4 Å². The summed E-state index contributed by atoms with van der Waals surface area (Å²) in [7, 11) is 0. The van der Waals surface area contributed by atoms with E-state index in [1.54, 1.807) is 0 Å². The van der Waals surface area contributed by atoms with Gasteiger partial charge in [0.25, 0.3) is 5.91 Å². The standard InChI is InChI=1S/C18H19N3O2/c1-3-21-11-14-8-9-15(10-16(14)20-21)19-18(22)12-23-17-7-5-4-6-13(17)2/h4-11H,3,12H2,1-2H3,(H,19,22). The van der Waals surface area contributed by atoms with Gasteiger partial charge in [-0.3, -0.25) is 9.48 Å². The highest BCUT2D eigenvalue weighted by Gasteiger charge is 2.07. The first kappa shape index (κ1) is 15.1. The third-order valence-corrected chi connectivity index (χ3v) is 3.61. The van der Waals surface area contributed by atoms with E-state index in [9.17, 15) is 4.79 Å². The number of benzene rings is 2. The highest BCUT2D eigenvalue weighted by atomic mass is 16.5. The second-order valence-corrected chi connectivity index (χ2v) is 5.36. The minimum absolute atomic E-state index is 0.0215. The van der Waals surface area contributed by atoms with Crippen LogP contribution in [0.4, 0.5) is 5.69 Å². The molecule has 0 atom stereocenters. The van der Waals surface area contributed by atoms with Crippen LogP contribution in [0.15, 0.2) is 48.7 Å². The Hall–Kier alpha value is -2.82. The average molecular weight is 309 g/mol. The molecule has 23 heavy (non-hydrogen) atoms. The summed E-state index contributed by atoms with van der Waals surface area (Å²) < 4.78 is 7.42. The number of amides is 1. The molecule has 1 N–H and O–H groups in total. The Kier molecular flexibility index (Phi) is 4.28. The number of hydrogen-bond donors (Lipinski definition) is 1. The molecule has 1 heterocycles. The van der Waals surface area contributed by atoms with Crippen LogP contribution in [-0.2, 0) is 11.3 Å². The van der Waals surface area contributed by atoms with Gasteiger partial charge in [0.2, 0.25) is 0 Å². The molecule has 3 rings (SSSR count). The number of hydrogen-bond acceptors (Lipinski definition) is 3. The smallest absolute Gasteiger partial charge is 0.262 e. The van der Waals surface area contributed by atoms with Crippen LogP contribution in [0.5, 0.6) is 5.75 Å². The second kappa shape index (κ2) is 6.52. The fraction of sp³-hybridized carbons (Fsp3) is 0.222. The summed E-state index contributed by atoms with van der Waals surface area (Å²) in [4.78, 5) is 12.0. The minimum Gasteiger partial charge on any atom is -0.483 e. The molecule has 1 aromatic heterocycles. The molecule has 5 nitrogen and oxygen atoms in total. The van der Waals surface area contributed by atoms with E-state index >= 15 is 0 Å². The minimum atomic E-state index is -0.192. The van der Waals surface area contributed by atoms with Crippen LogP contribution in [0.1, 0.15) is 12.5 Å². The zero-order valence-corrected chi connectivity index (χ0v) is 13.2. The first-order valence-corrected chi connectivity index (χ1v) is 7.61. The van der Waals surface area contributed by atoms with Crippen molar-refractivity contribution in [3.8, 4) is 5.75 Å². The van der Waals surface area contributed by atoms with Crippen LogP contribution >= 0.6 is 0 Å². The first-order chi connectivity index (χ1) is 11.2. The van der Waals surface area contributed by atoms with Crippen molar-refractivity contribution in [2.75, 3.05) is 11.9 Å². The fourth-order valence-electron chi connectivity index (χ4n) is 2.37. The third kappa shape index (κ3) is 3.51. The monoisotopic (exact) mass is 309 g/mol. The molecule has 0 unspecified atom stereocenters. The maximum absolute atomic E-state index is 12.0. The van der Waals surface area contributed by atoms with E-state index in [1.807, 2.05) is 67.2 Å². The SMILES string of the molecule is CCn1cc2ccc(NC(=O)COc3ccccc3C)cc2n1. The van der Waals surface area contributed by atoms with Crippen LogP contribution in [0.25, 0.3) is 10.9 Å². The van der Waals surface area contributed by atoms with Crippen molar-refractivity contribution in [2.24, 2.45) is 0 Å². The van der Waals surface area contributed by atoms with Gasteiger partial charge in [-0.15, -0.1) is 0 Å². The van der Waals surface area contributed by atoms with Crippen molar-refractivity contribution in [3.05, 3.63) is 54.2 Å². The summed E-state index contributed by atoms with van der Waals surface area (Å²) in [5.41, 5.74) is 2.59. The van der Waals surface area contributed by atoms with Gasteiger partial charge < -0.3 is 10.1 Å². The molecule has 0 aliphatic heterocycles. The molecular weight excluding hydrogens is 290 g/mol. The van der Waals surface area contributed by atoms with Gasteiger partial charge in [-0.05, 0) is 43.7 Å². The predicted molar refractivity (Wildman–Crippen MR) is 90.7 cm³/mol. The van der Waals surface area contributed by atoms with Gasteiger partial charge in [0.15, 0.2) is 6.61 Å². The lowest BCUT2D eigenvalue weighted by molar-refractivity contribution is -0.118. The molecule has 0 radical (unpaired) electrons. The van der Waals surface area contributed by atoms with Crippen LogP contribution in [0, 0.1) is 6.92 Å². The summed E-state index contributed by atoms with van der Waals surface area (Å²) in [6.07, 6.45) is 1.99. The largest absolute Gasteiger partial charge is 0.483 e. The Bertz CT molecular complexity index is 839. The van der Waals surface area contributed by atoms with Gasteiger partial charge in [0.05, 0.1) is 5.52 Å². The van der Waals surface area contributed by atoms with Crippen LogP contribution in [0.3, 0.4) is 0 Å². The Morgan fingerprint density at radius 1 is 1.26 bits per heavy atom. The lowest BCUT2D eigenvalue weighted by atomic mass is 10.2. The number of aryl methyl sites for hydroxylation is 2. The van der Waals surface area contributed by atoms with Crippen LogP contribution in [0.2, 0.25) is 0 Å². The van der Waals surface area contributed by atoms with Crippen molar-refractivity contribution >= 4 is 22.5 Å². The molecular formula is C18H19N3O2. The van der Waals surface area contributed by atoms with Gasteiger partial charge in [0.1, 0.15) is 5.75 Å². The summed E-state index contributed by atoms with van der Waals surface area (Å²) in [6, 6.07) is 13.3. The number of fused-ring (bicyclic) bond motifs is 1. The molecule has 0 saturated heterocycles. The summed E-state index contributed by atoms with van der Waals surface area (Å²) in [6.45, 7) is 4.79. The number of anilines is 1. The van der Waals surface area contributed by atoms with Gasteiger partial charge in [0, 0.05) is 23.8 Å². The normalized spacial score (nSPS) is 10.7. The summed E-state index contributed by atoms with van der Waals surface area (Å²) >= 11 is 0. The lowest BCUT2D eigenvalue weighted by Gasteiger charge is -2.09. The number of carbonyl (C=O) groups is 1. The van der Waals surface area contributed by atoms with E-state index in [4.69, 9.17) is 4.74 Å². The number of nitrogens with zero attached hydrogens (tertiary/aromatic N) is 2. The summed E-state index contributed by atoms with van der Waals surface area (Å²) in [5, 5.41) is 8.33. The summed E-state index contributed by atoms with van der Waals surface area (Å²) in [5.74, 6) is 0.530. The molecule has 3 aromatic rings. The lowest BCUT2D eigenvalue weighted by Crippen LogP contribution is -2.20. The van der Waals surface area contributed by atoms with E-state index in [1.165, 1.54) is 0 Å². The molecule has 118 valence electrons. The zero-order valence-electron chi connectivity index (χ0n) is 13.2. The van der Waals surface area contributed by atoms with Crippen LogP contribution in [-0.4, -0.2) is 22.3 Å². The topological polar surface area (TPSA) is 56.2 Å². The second-order valence-electron chi connectivity index (χ2n) is 5.36. The van der Waals surface area contributed by atoms with E-state index in [-0.39, 0.29) is 12.5 Å². The Morgan fingerprint density at radius 3 is 2.87 bits per heavy atom. The Balaban J connectivity index is 1.64. The maximum Gasteiger partial charge on any atom is 0.262 e. The molecule has 1 amide bonds. The average Bonchev–Trinajstić information content (AvgIpc) is 2.96. The molecule has 0 saturated carbocycles. The molecule has 0 fully saturated rings. The third-order valence-electron chi connectivity index (χ3n) is 3.61. The van der Waals surface area contributed by atoms with Gasteiger partial charge in [-0.25, -0.2) is 0 Å². The Labute approximate surface area is 134 Å². The fourth-order valence-corrected chi connectivity index (χ4v) is 2.37. The van der Waals surface area contributed by atoms with Crippen molar-refractivity contribution in [1.29, 1.82) is 0 Å². The number of rotatable bonds is 5. The molecule has 0 aliphatic rings. The molecule has 5 heteroatoms. The number of nitrogens with one attached hydrogen (secondary N) is 1. The van der Waals surface area contributed by atoms with Crippen molar-refractivity contribution in [3.63, 3.8) is 0 Å². The van der Waals surface area contributed by atoms with Crippen molar-refractivity contribution in [1.82, 2.24) is 9.78 Å². The van der Waals surface area contributed by atoms with Crippen molar-refractivity contribution in [2.45, 2.75) is 20.4 Å². The number of aromatic nitrogens is 2. The predicted octanol–water partition coefficient (Wildman–Crippen LogP) is 3.38. The van der Waals surface area contributed by atoms with E-state index in [0.29, 0.717) is 0 Å². The zero-order chi connectivity index (χ0) is 16.2. The number of ether oxygens (including phenoxy) is 1. The molecule has 2 aromatic carbocycles. The van der Waals surface area contributed by atoms with Crippen molar-refractivity contribution < 1.29 is 9.53 Å². The maximum atomic E-state index is 12.0. The van der Waals surface area contributed by atoms with Crippen LogP contribution < -0.4 is 10.1 Å². The number of carbonyl (C=O) groups excluding carboxylic acids is 1. The highest BCUT2D eigenvalue weighted by molar-refractivity contribution is 5.94. The van der Waals surface area contributed by atoms with Gasteiger partial charge in [-0.2, -0.15) is 5.10 Å². The van der Waals surface area contributed by atoms with Gasteiger partial charge in [-0.1, -0.05) is 18.2 Å². The molecule has 0 bridgehead atoms. The Morgan fingerprint density at radius 2 is 2.09 bits per heavy atom. The number of para-hydroxylation sites is 1.